The summed E-state index contributed by atoms with van der Waals surface area (Å²) in [6.45, 7) is 5.36. The van der Waals surface area contributed by atoms with Gasteiger partial charge in [0.25, 0.3) is 5.91 Å². The molecule has 2 atom stereocenters. The SMILES string of the molecule is CCCOc1c(Br)cc(C(=O)N2CCCCC2C(C)N)cc1OC. The highest BCUT2D eigenvalue weighted by Gasteiger charge is 2.30. The lowest BCUT2D eigenvalue weighted by atomic mass is 9.96. The van der Waals surface area contributed by atoms with E-state index in [1.807, 2.05) is 24.8 Å². The number of piperidine rings is 1. The fraction of sp³-hybridized carbons (Fsp3) is 0.611. The summed E-state index contributed by atoms with van der Waals surface area (Å²) in [5, 5.41) is 0. The van der Waals surface area contributed by atoms with Crippen molar-refractivity contribution in [1.82, 2.24) is 4.90 Å². The van der Waals surface area contributed by atoms with Crippen LogP contribution in [0.1, 0.15) is 49.9 Å². The van der Waals surface area contributed by atoms with Gasteiger partial charge in [-0.1, -0.05) is 6.92 Å². The molecular formula is C18H27BrN2O3. The van der Waals surface area contributed by atoms with Crippen LogP contribution in [-0.2, 0) is 0 Å². The standard InChI is InChI=1S/C18H27BrN2O3/c1-4-9-24-17-14(19)10-13(11-16(17)23-3)18(22)21-8-6-5-7-15(21)12(2)20/h10-12,15H,4-9,20H2,1-3H3. The molecule has 0 radical (unpaired) electrons. The van der Waals surface area contributed by atoms with Gasteiger partial charge >= 0.3 is 0 Å². The first-order valence-corrected chi connectivity index (χ1v) is 9.35. The van der Waals surface area contributed by atoms with Crippen LogP contribution in [0.4, 0.5) is 0 Å². The summed E-state index contributed by atoms with van der Waals surface area (Å²) in [6.07, 6.45) is 4.00. The Kier molecular flexibility index (Phi) is 6.92. The summed E-state index contributed by atoms with van der Waals surface area (Å²) < 4.78 is 11.9. The van der Waals surface area contributed by atoms with Crippen LogP contribution in [0.25, 0.3) is 0 Å². The van der Waals surface area contributed by atoms with Crippen LogP contribution in [0.2, 0.25) is 0 Å². The summed E-state index contributed by atoms with van der Waals surface area (Å²) in [6, 6.07) is 3.62. The van der Waals surface area contributed by atoms with E-state index in [-0.39, 0.29) is 18.0 Å². The van der Waals surface area contributed by atoms with E-state index in [4.69, 9.17) is 15.2 Å². The molecule has 1 aromatic carbocycles. The van der Waals surface area contributed by atoms with Gasteiger partial charge in [0.15, 0.2) is 11.5 Å². The van der Waals surface area contributed by atoms with Gasteiger partial charge in [0, 0.05) is 24.2 Å². The number of hydrogen-bond acceptors (Lipinski definition) is 4. The Labute approximate surface area is 152 Å². The molecule has 24 heavy (non-hydrogen) atoms. The van der Waals surface area contributed by atoms with Gasteiger partial charge in [-0.25, -0.2) is 0 Å². The molecule has 0 aromatic heterocycles. The molecule has 0 saturated carbocycles. The molecule has 2 N–H and O–H groups in total. The molecule has 1 aliphatic rings. The molecule has 2 unspecified atom stereocenters. The first-order chi connectivity index (χ1) is 11.5. The summed E-state index contributed by atoms with van der Waals surface area (Å²) in [7, 11) is 1.58. The fourth-order valence-corrected chi connectivity index (χ4v) is 3.67. The van der Waals surface area contributed by atoms with E-state index in [0.29, 0.717) is 23.7 Å². The minimum atomic E-state index is -0.0354. The van der Waals surface area contributed by atoms with E-state index in [1.54, 1.807) is 13.2 Å². The second-order valence-corrected chi connectivity index (χ2v) is 7.11. The van der Waals surface area contributed by atoms with Crippen molar-refractivity contribution in [3.8, 4) is 11.5 Å². The summed E-state index contributed by atoms with van der Waals surface area (Å²) in [5.74, 6) is 1.20. The molecule has 1 saturated heterocycles. The first kappa shape index (κ1) is 19.1. The quantitative estimate of drug-likeness (QED) is 0.794. The third-order valence-corrected chi connectivity index (χ3v) is 4.93. The van der Waals surface area contributed by atoms with E-state index in [2.05, 4.69) is 15.9 Å². The highest BCUT2D eigenvalue weighted by atomic mass is 79.9. The number of nitrogens with zero attached hydrogens (tertiary/aromatic N) is 1. The second kappa shape index (κ2) is 8.72. The highest BCUT2D eigenvalue weighted by molar-refractivity contribution is 9.10. The smallest absolute Gasteiger partial charge is 0.254 e. The normalized spacial score (nSPS) is 19.0. The Bertz CT molecular complexity index is 578. The highest BCUT2D eigenvalue weighted by Crippen LogP contribution is 2.37. The van der Waals surface area contributed by atoms with Crippen molar-refractivity contribution in [1.29, 1.82) is 0 Å². The van der Waals surface area contributed by atoms with E-state index in [0.717, 1.165) is 36.7 Å². The maximum Gasteiger partial charge on any atom is 0.254 e. The van der Waals surface area contributed by atoms with Crippen molar-refractivity contribution >= 4 is 21.8 Å². The van der Waals surface area contributed by atoms with E-state index >= 15 is 0 Å². The van der Waals surface area contributed by atoms with Gasteiger partial charge in [0.2, 0.25) is 0 Å². The maximum atomic E-state index is 13.0. The van der Waals surface area contributed by atoms with Gasteiger partial charge in [0.1, 0.15) is 0 Å². The number of hydrogen-bond donors (Lipinski definition) is 1. The molecular weight excluding hydrogens is 372 g/mol. The Morgan fingerprint density at radius 1 is 1.46 bits per heavy atom. The van der Waals surface area contributed by atoms with Gasteiger partial charge in [-0.15, -0.1) is 0 Å². The lowest BCUT2D eigenvalue weighted by Gasteiger charge is -2.38. The predicted molar refractivity (Wildman–Crippen MR) is 98.8 cm³/mol. The topological polar surface area (TPSA) is 64.8 Å². The summed E-state index contributed by atoms with van der Waals surface area (Å²) >= 11 is 3.50. The van der Waals surface area contributed by atoms with Crippen LogP contribution < -0.4 is 15.2 Å². The van der Waals surface area contributed by atoms with Gasteiger partial charge in [-0.3, -0.25) is 4.79 Å². The van der Waals surface area contributed by atoms with Crippen LogP contribution in [-0.4, -0.2) is 43.2 Å². The van der Waals surface area contributed by atoms with Gasteiger partial charge in [0.05, 0.1) is 18.2 Å². The number of halogens is 1. The Morgan fingerprint density at radius 2 is 2.21 bits per heavy atom. The van der Waals surface area contributed by atoms with Crippen LogP contribution in [0.3, 0.4) is 0 Å². The number of amides is 1. The number of nitrogens with two attached hydrogens (primary N) is 1. The molecule has 2 rings (SSSR count). The predicted octanol–water partition coefficient (Wildman–Crippen LogP) is 3.59. The molecule has 1 aliphatic heterocycles. The molecule has 1 heterocycles. The molecule has 1 fully saturated rings. The van der Waals surface area contributed by atoms with Crippen molar-refractivity contribution in [2.75, 3.05) is 20.3 Å². The molecule has 0 spiro atoms. The Balaban J connectivity index is 2.30. The van der Waals surface area contributed by atoms with Crippen molar-refractivity contribution in [3.63, 3.8) is 0 Å². The Hall–Kier alpha value is -1.27. The average Bonchev–Trinajstić information content (AvgIpc) is 2.59. The maximum absolute atomic E-state index is 13.0. The second-order valence-electron chi connectivity index (χ2n) is 6.26. The molecule has 1 aromatic rings. The van der Waals surface area contributed by atoms with Crippen molar-refractivity contribution in [2.45, 2.75) is 51.6 Å². The number of likely N-dealkylation sites (tertiary alicyclic amines) is 1. The molecule has 134 valence electrons. The monoisotopic (exact) mass is 398 g/mol. The Morgan fingerprint density at radius 3 is 2.83 bits per heavy atom. The zero-order chi connectivity index (χ0) is 17.7. The molecule has 0 aliphatic carbocycles. The minimum Gasteiger partial charge on any atom is -0.493 e. The lowest BCUT2D eigenvalue weighted by molar-refractivity contribution is 0.0583. The van der Waals surface area contributed by atoms with Crippen LogP contribution >= 0.6 is 15.9 Å². The summed E-state index contributed by atoms with van der Waals surface area (Å²) in [4.78, 5) is 14.9. The minimum absolute atomic E-state index is 0.00181. The number of ether oxygens (including phenoxy) is 2. The summed E-state index contributed by atoms with van der Waals surface area (Å²) in [5.41, 5.74) is 6.68. The van der Waals surface area contributed by atoms with Gasteiger partial charge in [-0.2, -0.15) is 0 Å². The van der Waals surface area contributed by atoms with Crippen LogP contribution in [0, 0.1) is 0 Å². The largest absolute Gasteiger partial charge is 0.493 e. The number of rotatable bonds is 6. The molecule has 5 nitrogen and oxygen atoms in total. The van der Waals surface area contributed by atoms with Gasteiger partial charge < -0.3 is 20.1 Å². The van der Waals surface area contributed by atoms with E-state index < -0.39 is 0 Å². The number of methoxy groups -OCH3 is 1. The van der Waals surface area contributed by atoms with Crippen LogP contribution in [0.5, 0.6) is 11.5 Å². The number of carbonyl (C=O) groups is 1. The lowest BCUT2D eigenvalue weighted by Crippen LogP contribution is -2.51. The van der Waals surface area contributed by atoms with Gasteiger partial charge in [-0.05, 0) is 60.7 Å². The first-order valence-electron chi connectivity index (χ1n) is 8.56. The molecule has 1 amide bonds. The fourth-order valence-electron chi connectivity index (χ4n) is 3.11. The third kappa shape index (κ3) is 4.22. The molecule has 0 bridgehead atoms. The third-order valence-electron chi connectivity index (χ3n) is 4.34. The molecule has 6 heteroatoms. The average molecular weight is 399 g/mol. The van der Waals surface area contributed by atoms with E-state index in [9.17, 15) is 4.79 Å². The van der Waals surface area contributed by atoms with E-state index in [1.165, 1.54) is 0 Å². The van der Waals surface area contributed by atoms with Crippen LogP contribution in [0.15, 0.2) is 16.6 Å². The number of carbonyl (C=O) groups excluding carboxylic acids is 1. The van der Waals surface area contributed by atoms with Crippen molar-refractivity contribution < 1.29 is 14.3 Å². The van der Waals surface area contributed by atoms with Crippen molar-refractivity contribution in [3.05, 3.63) is 22.2 Å². The number of benzene rings is 1. The van der Waals surface area contributed by atoms with Crippen molar-refractivity contribution in [2.24, 2.45) is 5.73 Å². The zero-order valence-corrected chi connectivity index (χ0v) is 16.3. The zero-order valence-electron chi connectivity index (χ0n) is 14.7.